The maximum atomic E-state index is 3.12. The molecular weight excluding hydrogens is 366 g/mol. The molecule has 0 amide bonds. The van der Waals surface area contributed by atoms with Crippen LogP contribution in [0.3, 0.4) is 0 Å². The van der Waals surface area contributed by atoms with Crippen molar-refractivity contribution in [1.29, 1.82) is 0 Å². The van der Waals surface area contributed by atoms with E-state index in [2.05, 4.69) is 69.3 Å². The minimum atomic E-state index is 0. The number of hydrogen-bond donors (Lipinski definition) is 0. The van der Waals surface area contributed by atoms with E-state index in [1.54, 1.807) is 0 Å². The van der Waals surface area contributed by atoms with E-state index in [1.165, 1.54) is 27.5 Å². The molecule has 0 heterocycles. The van der Waals surface area contributed by atoms with Gasteiger partial charge >= 0.3 is 26.2 Å². The predicted octanol–water partition coefficient (Wildman–Crippen LogP) is 5.71. The van der Waals surface area contributed by atoms with E-state index in [-0.39, 0.29) is 51.0 Å². The fraction of sp³-hybridized carbons (Fsp3) is 0.235. The van der Waals surface area contributed by atoms with Crippen molar-refractivity contribution in [1.82, 2.24) is 0 Å². The van der Waals surface area contributed by atoms with Gasteiger partial charge in [0.15, 0.2) is 0 Å². The van der Waals surface area contributed by atoms with Crippen LogP contribution in [0, 0.1) is 19.9 Å². The van der Waals surface area contributed by atoms with Crippen molar-refractivity contribution in [2.24, 2.45) is 0 Å². The van der Waals surface area contributed by atoms with Gasteiger partial charge in [-0.3, -0.25) is 6.08 Å². The topological polar surface area (TPSA) is 0 Å². The summed E-state index contributed by atoms with van der Waals surface area (Å²) in [5.74, 6) is 0. The van der Waals surface area contributed by atoms with Gasteiger partial charge in [-0.2, -0.15) is 18.2 Å². The van der Waals surface area contributed by atoms with Crippen molar-refractivity contribution < 1.29 is 26.2 Å². The Kier molecular flexibility index (Phi) is 11.6. The second-order valence-electron chi connectivity index (χ2n) is 4.57. The van der Waals surface area contributed by atoms with Crippen molar-refractivity contribution >= 4 is 35.6 Å². The Labute approximate surface area is 153 Å². The first kappa shape index (κ1) is 22.1. The smallest absolute Gasteiger partial charge is 0.270 e. The van der Waals surface area contributed by atoms with Gasteiger partial charge in [0, 0.05) is 0 Å². The average Bonchev–Trinajstić information content (AvgIpc) is 2.91. The molecule has 0 radical (unpaired) electrons. The largest absolute Gasteiger partial charge is 2.00 e. The standard InChI is InChI=1S/C11H11.C6H7.2ClH.Zr/c1-8-3-5-10-6-4-9(2)11(10)7-8;1-6-4-2-3-5-6;;;/h3-7H,1-2H3;2,4H,3H2,1H3;2*1H;/q2*-1;;;+2. The molecule has 0 fully saturated rings. The van der Waals surface area contributed by atoms with Crippen molar-refractivity contribution in [2.45, 2.75) is 27.2 Å². The first-order chi connectivity index (χ1) is 8.16. The summed E-state index contributed by atoms with van der Waals surface area (Å²) in [5.41, 5.74) is 3.99. The van der Waals surface area contributed by atoms with Gasteiger partial charge in [-0.25, -0.2) is 11.6 Å². The van der Waals surface area contributed by atoms with Gasteiger partial charge < -0.3 is 0 Å². The molecule has 0 N–H and O–H groups in total. The monoisotopic (exact) mass is 384 g/mol. The maximum absolute atomic E-state index is 3.12. The molecule has 106 valence electrons. The first-order valence-corrected chi connectivity index (χ1v) is 6.03. The third kappa shape index (κ3) is 6.04. The average molecular weight is 386 g/mol. The predicted molar refractivity (Wildman–Crippen MR) is 89.7 cm³/mol. The molecule has 0 aromatic heterocycles. The van der Waals surface area contributed by atoms with Gasteiger partial charge in [0.05, 0.1) is 0 Å². The van der Waals surface area contributed by atoms with Gasteiger partial charge in [0.2, 0.25) is 0 Å². The number of fused-ring (bicyclic) bond motifs is 1. The van der Waals surface area contributed by atoms with Crippen LogP contribution in [0.25, 0.3) is 10.8 Å². The summed E-state index contributed by atoms with van der Waals surface area (Å²) < 4.78 is 0. The van der Waals surface area contributed by atoms with E-state index in [1.807, 2.05) is 0 Å². The van der Waals surface area contributed by atoms with Crippen LogP contribution in [0.15, 0.2) is 48.1 Å². The van der Waals surface area contributed by atoms with E-state index >= 15 is 0 Å². The van der Waals surface area contributed by atoms with Crippen LogP contribution < -0.4 is 0 Å². The van der Waals surface area contributed by atoms with Gasteiger partial charge in [-0.1, -0.05) is 25.5 Å². The number of aryl methyl sites for hydroxylation is 2. The molecule has 0 saturated carbocycles. The van der Waals surface area contributed by atoms with Crippen LogP contribution >= 0.6 is 24.8 Å². The van der Waals surface area contributed by atoms with E-state index < -0.39 is 0 Å². The molecule has 0 aliphatic heterocycles. The summed E-state index contributed by atoms with van der Waals surface area (Å²) in [6.07, 6.45) is 8.33. The van der Waals surface area contributed by atoms with Crippen LogP contribution in [-0.2, 0) is 26.2 Å². The van der Waals surface area contributed by atoms with Gasteiger partial charge in [-0.05, 0) is 6.92 Å². The summed E-state index contributed by atoms with van der Waals surface area (Å²) in [7, 11) is 0. The molecule has 0 saturated heterocycles. The Hall–Kier alpha value is -0.227. The summed E-state index contributed by atoms with van der Waals surface area (Å²) in [6.45, 7) is 6.34. The number of allylic oxidation sites excluding steroid dienone is 4. The molecule has 20 heavy (non-hydrogen) atoms. The molecule has 2 aromatic rings. The maximum Gasteiger partial charge on any atom is 2.00 e. The van der Waals surface area contributed by atoms with Crippen molar-refractivity contribution in [3.63, 3.8) is 0 Å². The first-order valence-electron chi connectivity index (χ1n) is 6.03. The van der Waals surface area contributed by atoms with Crippen molar-refractivity contribution in [3.05, 3.63) is 65.3 Å². The fourth-order valence-electron chi connectivity index (χ4n) is 1.98. The van der Waals surface area contributed by atoms with Crippen molar-refractivity contribution in [3.8, 4) is 0 Å². The van der Waals surface area contributed by atoms with Gasteiger partial charge in [0.25, 0.3) is 0 Å². The SMILES string of the molecule is CC1=[C-]CC=C1.Cc1ccc2cc[c-](C)c2c1.Cl.Cl.[Zr+2]. The third-order valence-electron chi connectivity index (χ3n) is 3.01. The zero-order valence-corrected chi connectivity index (χ0v) is 16.2. The molecule has 0 spiro atoms. The quantitative estimate of drug-likeness (QED) is 0.509. The Balaban J connectivity index is 0. The fourth-order valence-corrected chi connectivity index (χ4v) is 1.98. The summed E-state index contributed by atoms with van der Waals surface area (Å²) in [4.78, 5) is 0. The second kappa shape index (κ2) is 10.5. The molecule has 1 aliphatic rings. The summed E-state index contributed by atoms with van der Waals surface area (Å²) >= 11 is 0. The Morgan fingerprint density at radius 3 is 2.30 bits per heavy atom. The Morgan fingerprint density at radius 1 is 1.10 bits per heavy atom. The summed E-state index contributed by atoms with van der Waals surface area (Å²) in [6, 6.07) is 10.9. The van der Waals surface area contributed by atoms with Crippen LogP contribution in [0.4, 0.5) is 0 Å². The van der Waals surface area contributed by atoms with E-state index in [0.29, 0.717) is 0 Å². The second-order valence-corrected chi connectivity index (χ2v) is 4.57. The van der Waals surface area contributed by atoms with E-state index in [9.17, 15) is 0 Å². The Morgan fingerprint density at radius 2 is 1.80 bits per heavy atom. The molecule has 0 atom stereocenters. The van der Waals surface area contributed by atoms with Crippen LogP contribution in [0.5, 0.6) is 0 Å². The van der Waals surface area contributed by atoms with Gasteiger partial charge in [-0.15, -0.1) is 59.7 Å². The van der Waals surface area contributed by atoms with Crippen LogP contribution in [0.1, 0.15) is 24.5 Å². The normalized spacial score (nSPS) is 11.4. The van der Waals surface area contributed by atoms with Crippen molar-refractivity contribution in [2.75, 3.05) is 0 Å². The third-order valence-corrected chi connectivity index (χ3v) is 3.01. The molecule has 0 bridgehead atoms. The minimum absolute atomic E-state index is 0. The zero-order chi connectivity index (χ0) is 12.3. The van der Waals surface area contributed by atoms with Crippen LogP contribution in [0.2, 0.25) is 0 Å². The van der Waals surface area contributed by atoms with E-state index in [0.717, 1.165) is 6.42 Å². The molecule has 3 rings (SSSR count). The molecule has 0 nitrogen and oxygen atoms in total. The van der Waals surface area contributed by atoms with E-state index in [4.69, 9.17) is 0 Å². The molecule has 2 aromatic carbocycles. The minimum Gasteiger partial charge on any atom is -0.270 e. The summed E-state index contributed by atoms with van der Waals surface area (Å²) in [5, 5.41) is 2.75. The number of benzene rings is 1. The molecular formula is C17H20Cl2Zr. The number of rotatable bonds is 0. The zero-order valence-electron chi connectivity index (χ0n) is 12.1. The number of hydrogen-bond acceptors (Lipinski definition) is 0. The molecule has 0 unspecified atom stereocenters. The molecule has 3 heteroatoms. The number of halogens is 2. The molecule has 1 aliphatic carbocycles. The Bertz CT molecular complexity index is 577. The van der Waals surface area contributed by atoms with Crippen LogP contribution in [-0.4, -0.2) is 0 Å². The van der Waals surface area contributed by atoms with Gasteiger partial charge in [0.1, 0.15) is 0 Å².